The molecular weight excluding hydrogens is 286 g/mol. The number of amides is 4. The molecule has 3 N–H and O–H groups in total. The number of hydrogen-bond acceptors (Lipinski definition) is 4. The zero-order valence-electron chi connectivity index (χ0n) is 13.0. The molecule has 0 aliphatic carbocycles. The fourth-order valence-corrected chi connectivity index (χ4v) is 2.32. The number of nitrogens with one attached hydrogen (secondary N) is 3. The molecule has 8 heteroatoms. The van der Waals surface area contributed by atoms with E-state index in [-0.39, 0.29) is 12.3 Å². The number of rotatable bonds is 6. The molecule has 120 valence electrons. The molecule has 0 saturated carbocycles. The topological polar surface area (TPSA) is 105 Å². The van der Waals surface area contributed by atoms with Gasteiger partial charge in [0.25, 0.3) is 5.91 Å². The molecule has 0 spiro atoms. The van der Waals surface area contributed by atoms with Gasteiger partial charge in [-0.25, -0.2) is 4.79 Å². The maximum atomic E-state index is 11.7. The van der Waals surface area contributed by atoms with Crippen LogP contribution in [0.4, 0.5) is 4.79 Å². The quantitative estimate of drug-likeness (QED) is 0.504. The van der Waals surface area contributed by atoms with Gasteiger partial charge in [-0.2, -0.15) is 5.10 Å². The maximum Gasteiger partial charge on any atom is 0.322 e. The van der Waals surface area contributed by atoms with E-state index in [1.54, 1.807) is 0 Å². The fourth-order valence-electron chi connectivity index (χ4n) is 2.32. The van der Waals surface area contributed by atoms with Gasteiger partial charge in [0.2, 0.25) is 5.91 Å². The lowest BCUT2D eigenvalue weighted by Gasteiger charge is -2.09. The van der Waals surface area contributed by atoms with Crippen LogP contribution in [0.5, 0.6) is 0 Å². The summed E-state index contributed by atoms with van der Waals surface area (Å²) < 4.78 is 1.93. The number of hydrogen-bond donors (Lipinski definition) is 3. The number of nitrogens with zero attached hydrogens (tertiary/aromatic N) is 2. The van der Waals surface area contributed by atoms with Crippen LogP contribution >= 0.6 is 0 Å². The van der Waals surface area contributed by atoms with Gasteiger partial charge >= 0.3 is 6.03 Å². The first-order valence-corrected chi connectivity index (χ1v) is 7.27. The highest BCUT2D eigenvalue weighted by molar-refractivity contribution is 6.05. The molecule has 1 aliphatic heterocycles. The number of aryl methyl sites for hydroxylation is 2. The zero-order chi connectivity index (χ0) is 16.3. The first-order chi connectivity index (χ1) is 10.4. The summed E-state index contributed by atoms with van der Waals surface area (Å²) in [6.07, 6.45) is 0.701. The SMILES string of the molecule is Cc1nn(CCCNC(=O)C[C@H]2NC(=O)NC2=O)c(C)c1C. The van der Waals surface area contributed by atoms with Crippen molar-refractivity contribution in [2.45, 2.75) is 46.2 Å². The average molecular weight is 307 g/mol. The molecule has 22 heavy (non-hydrogen) atoms. The molecule has 1 aromatic heterocycles. The van der Waals surface area contributed by atoms with E-state index in [4.69, 9.17) is 0 Å². The normalized spacial score (nSPS) is 17.3. The number of urea groups is 1. The van der Waals surface area contributed by atoms with Crippen molar-refractivity contribution >= 4 is 17.8 Å². The lowest BCUT2D eigenvalue weighted by molar-refractivity contribution is -0.126. The Hall–Kier alpha value is -2.38. The third kappa shape index (κ3) is 3.63. The molecule has 8 nitrogen and oxygen atoms in total. The minimum absolute atomic E-state index is 0.0451. The lowest BCUT2D eigenvalue weighted by Crippen LogP contribution is -2.36. The van der Waals surface area contributed by atoms with Gasteiger partial charge in [-0.05, 0) is 32.8 Å². The molecule has 1 aliphatic rings. The van der Waals surface area contributed by atoms with Crippen LogP contribution in [0.2, 0.25) is 0 Å². The van der Waals surface area contributed by atoms with Crippen molar-refractivity contribution in [3.63, 3.8) is 0 Å². The van der Waals surface area contributed by atoms with E-state index in [9.17, 15) is 14.4 Å². The summed E-state index contributed by atoms with van der Waals surface area (Å²) in [6, 6.07) is -1.33. The number of carbonyl (C=O) groups excluding carboxylic acids is 3. The highest BCUT2D eigenvalue weighted by atomic mass is 16.2. The van der Waals surface area contributed by atoms with Crippen LogP contribution < -0.4 is 16.0 Å². The molecular formula is C14H21N5O3. The van der Waals surface area contributed by atoms with E-state index in [0.29, 0.717) is 6.54 Å². The Bertz CT molecular complexity index is 608. The van der Waals surface area contributed by atoms with Crippen molar-refractivity contribution < 1.29 is 14.4 Å². The summed E-state index contributed by atoms with van der Waals surface area (Å²) in [5, 5.41) is 11.7. The van der Waals surface area contributed by atoms with E-state index < -0.39 is 18.0 Å². The zero-order valence-corrected chi connectivity index (χ0v) is 13.0. The van der Waals surface area contributed by atoms with Crippen molar-refractivity contribution in [3.05, 3.63) is 17.0 Å². The second-order valence-electron chi connectivity index (χ2n) is 5.44. The molecule has 0 aromatic carbocycles. The predicted molar refractivity (Wildman–Crippen MR) is 79.1 cm³/mol. The van der Waals surface area contributed by atoms with Crippen LogP contribution in [0, 0.1) is 20.8 Å². The Balaban J connectivity index is 1.70. The molecule has 1 fully saturated rings. The number of imide groups is 1. The Morgan fingerprint density at radius 2 is 2.05 bits per heavy atom. The number of carbonyl (C=O) groups is 3. The third-order valence-corrected chi connectivity index (χ3v) is 3.86. The monoisotopic (exact) mass is 307 g/mol. The highest BCUT2D eigenvalue weighted by Gasteiger charge is 2.30. The maximum absolute atomic E-state index is 11.7. The molecule has 0 bridgehead atoms. The fraction of sp³-hybridized carbons (Fsp3) is 0.571. The second-order valence-corrected chi connectivity index (χ2v) is 5.44. The smallest absolute Gasteiger partial charge is 0.322 e. The predicted octanol–water partition coefficient (Wildman–Crippen LogP) is -0.0872. The summed E-state index contributed by atoms with van der Waals surface area (Å²) in [6.45, 7) is 7.26. The first-order valence-electron chi connectivity index (χ1n) is 7.27. The van der Waals surface area contributed by atoms with Gasteiger partial charge in [-0.1, -0.05) is 0 Å². The van der Waals surface area contributed by atoms with Crippen LogP contribution in [0.25, 0.3) is 0 Å². The van der Waals surface area contributed by atoms with Gasteiger partial charge in [-0.15, -0.1) is 0 Å². The number of aromatic nitrogens is 2. The van der Waals surface area contributed by atoms with Crippen LogP contribution in [-0.2, 0) is 16.1 Å². The summed E-state index contributed by atoms with van der Waals surface area (Å²) in [5.41, 5.74) is 3.34. The second kappa shape index (κ2) is 6.59. The highest BCUT2D eigenvalue weighted by Crippen LogP contribution is 2.11. The summed E-state index contributed by atoms with van der Waals surface area (Å²) in [4.78, 5) is 34.0. The minimum Gasteiger partial charge on any atom is -0.356 e. The van der Waals surface area contributed by atoms with Crippen LogP contribution in [0.3, 0.4) is 0 Å². The first kappa shape index (κ1) is 16.0. The molecule has 1 saturated heterocycles. The van der Waals surface area contributed by atoms with E-state index >= 15 is 0 Å². The standard InChI is InChI=1S/C14H21N5O3/c1-8-9(2)18-19(10(8)3)6-4-5-15-12(20)7-11-13(21)17-14(22)16-11/h11H,4-7H2,1-3H3,(H,15,20)(H2,16,17,21,22)/t11-/m1/s1. The summed E-state index contributed by atoms with van der Waals surface area (Å²) in [5.74, 6) is -0.717. The molecule has 1 aromatic rings. The Kier molecular flexibility index (Phi) is 4.79. The van der Waals surface area contributed by atoms with Gasteiger partial charge in [0.05, 0.1) is 12.1 Å². The van der Waals surface area contributed by atoms with Crippen molar-refractivity contribution in [3.8, 4) is 0 Å². The van der Waals surface area contributed by atoms with Gasteiger partial charge in [0, 0.05) is 18.8 Å². The van der Waals surface area contributed by atoms with Crippen LogP contribution in [0.1, 0.15) is 29.8 Å². The molecule has 4 amide bonds. The van der Waals surface area contributed by atoms with E-state index in [2.05, 4.69) is 21.0 Å². The Morgan fingerprint density at radius 3 is 2.59 bits per heavy atom. The molecule has 2 heterocycles. The average Bonchev–Trinajstić information content (AvgIpc) is 2.89. The van der Waals surface area contributed by atoms with Gasteiger partial charge < -0.3 is 10.6 Å². The van der Waals surface area contributed by atoms with Gasteiger partial charge in [0.15, 0.2) is 0 Å². The Labute approximate surface area is 128 Å². The molecule has 2 rings (SSSR count). The minimum atomic E-state index is -0.772. The lowest BCUT2D eigenvalue weighted by atomic mass is 10.2. The summed E-state index contributed by atoms with van der Waals surface area (Å²) in [7, 11) is 0. The van der Waals surface area contributed by atoms with Crippen LogP contribution in [-0.4, -0.2) is 40.2 Å². The largest absolute Gasteiger partial charge is 0.356 e. The third-order valence-electron chi connectivity index (χ3n) is 3.86. The van der Waals surface area contributed by atoms with Crippen molar-refractivity contribution in [2.24, 2.45) is 0 Å². The molecule has 0 unspecified atom stereocenters. The molecule has 1 atom stereocenters. The Morgan fingerprint density at radius 1 is 1.32 bits per heavy atom. The van der Waals surface area contributed by atoms with E-state index in [0.717, 1.165) is 24.4 Å². The van der Waals surface area contributed by atoms with Crippen molar-refractivity contribution in [1.82, 2.24) is 25.7 Å². The van der Waals surface area contributed by atoms with Crippen molar-refractivity contribution in [1.29, 1.82) is 0 Å². The van der Waals surface area contributed by atoms with Crippen molar-refractivity contribution in [2.75, 3.05) is 6.54 Å². The van der Waals surface area contributed by atoms with Gasteiger partial charge in [0.1, 0.15) is 6.04 Å². The molecule has 0 radical (unpaired) electrons. The van der Waals surface area contributed by atoms with Gasteiger partial charge in [-0.3, -0.25) is 19.6 Å². The van der Waals surface area contributed by atoms with E-state index in [1.807, 2.05) is 25.5 Å². The summed E-state index contributed by atoms with van der Waals surface area (Å²) >= 11 is 0. The van der Waals surface area contributed by atoms with E-state index in [1.165, 1.54) is 5.56 Å². The van der Waals surface area contributed by atoms with Crippen LogP contribution in [0.15, 0.2) is 0 Å².